The van der Waals surface area contributed by atoms with Crippen LogP contribution in [0.2, 0.25) is 10.0 Å². The Hall–Kier alpha value is -4.24. The lowest BCUT2D eigenvalue weighted by molar-refractivity contribution is -0.605. The predicted molar refractivity (Wildman–Crippen MR) is 189 cm³/mol. The molecule has 0 spiro atoms. The Bertz CT molecular complexity index is 1920. The zero-order chi connectivity index (χ0) is 37.1. The summed E-state index contributed by atoms with van der Waals surface area (Å²) in [6.07, 6.45) is 2.82. The topological polar surface area (TPSA) is 115 Å². The van der Waals surface area contributed by atoms with E-state index in [1.807, 2.05) is 0 Å². The van der Waals surface area contributed by atoms with Gasteiger partial charge in [-0.3, -0.25) is 9.80 Å². The van der Waals surface area contributed by atoms with E-state index < -0.39 is 30.4 Å². The second-order valence-electron chi connectivity index (χ2n) is 12.5. The summed E-state index contributed by atoms with van der Waals surface area (Å²) in [6.45, 7) is 0.847. The van der Waals surface area contributed by atoms with Crippen LogP contribution in [0.15, 0.2) is 60.9 Å². The van der Waals surface area contributed by atoms with E-state index in [0.717, 1.165) is 54.6 Å². The van der Waals surface area contributed by atoms with Crippen molar-refractivity contribution in [2.75, 3.05) is 31.1 Å². The van der Waals surface area contributed by atoms with Crippen molar-refractivity contribution in [1.29, 1.82) is 0 Å². The first-order valence-electron chi connectivity index (χ1n) is 16.5. The van der Waals surface area contributed by atoms with Crippen molar-refractivity contribution in [1.82, 2.24) is 4.90 Å². The number of nitrogens with zero attached hydrogens (tertiary/aromatic N) is 3. The van der Waals surface area contributed by atoms with Gasteiger partial charge in [-0.05, 0) is 86.7 Å². The molecule has 2 aromatic heterocycles. The summed E-state index contributed by atoms with van der Waals surface area (Å²) >= 11 is 13.8. The first-order valence-corrected chi connectivity index (χ1v) is 18.1. The predicted octanol–water partition coefficient (Wildman–Crippen LogP) is 8.14. The molecule has 276 valence electrons. The standard InChI is InChI=1S/C36H34Cl2F3N3O7S/c1-2-49-31-13-21(7-8-30(31)50-35(40)41)23(15-25-26(37)17-43(48)18-27(25)38)24-14-22(52-33(24)34(45)46)16-44(29-6-4-3-5-28(29)39)36(47)51-32-19-42-11-9-20(32)10-12-42/h3-8,13-14,17-18,20,23,32,35H,2,9-12,15-16,19H2,1H3,(H,45,46)/t23-,32-/m0/s1. The number of anilines is 1. The molecule has 5 heterocycles. The summed E-state index contributed by atoms with van der Waals surface area (Å²) in [7, 11) is 0. The number of benzene rings is 2. The molecule has 3 aliphatic rings. The summed E-state index contributed by atoms with van der Waals surface area (Å²) in [6, 6.07) is 11.6. The van der Waals surface area contributed by atoms with Gasteiger partial charge in [-0.15, -0.1) is 11.3 Å². The number of hydrogen-bond donors (Lipinski definition) is 1. The van der Waals surface area contributed by atoms with E-state index in [4.69, 9.17) is 32.7 Å². The summed E-state index contributed by atoms with van der Waals surface area (Å²) < 4.78 is 58.5. The molecule has 2 bridgehead atoms. The Morgan fingerprint density at radius 3 is 2.42 bits per heavy atom. The minimum Gasteiger partial charge on any atom is -0.619 e. The molecule has 4 aromatic rings. The molecule has 1 N–H and O–H groups in total. The number of alkyl halides is 2. The molecule has 0 unspecified atom stereocenters. The van der Waals surface area contributed by atoms with Gasteiger partial charge < -0.3 is 24.5 Å². The van der Waals surface area contributed by atoms with Crippen LogP contribution in [0.25, 0.3) is 0 Å². The van der Waals surface area contributed by atoms with Gasteiger partial charge in [-0.25, -0.2) is 14.0 Å². The monoisotopic (exact) mass is 779 g/mol. The summed E-state index contributed by atoms with van der Waals surface area (Å²) in [4.78, 5) is 30.4. The number of thiophene rings is 1. The Balaban J connectivity index is 1.42. The first-order chi connectivity index (χ1) is 24.9. The number of carbonyl (C=O) groups is 2. The van der Waals surface area contributed by atoms with Gasteiger partial charge in [-0.1, -0.05) is 41.4 Å². The van der Waals surface area contributed by atoms with Crippen LogP contribution >= 0.6 is 34.5 Å². The average molecular weight is 781 g/mol. The number of fused-ring (bicyclic) bond motifs is 3. The maximum absolute atomic E-state index is 15.3. The van der Waals surface area contributed by atoms with Gasteiger partial charge in [0.25, 0.3) is 0 Å². The van der Waals surface area contributed by atoms with Crippen LogP contribution in [0.3, 0.4) is 0 Å². The maximum atomic E-state index is 15.3. The Morgan fingerprint density at radius 2 is 1.81 bits per heavy atom. The highest BCUT2D eigenvalue weighted by atomic mass is 35.5. The zero-order valence-corrected chi connectivity index (χ0v) is 30.1. The minimum absolute atomic E-state index is 0.0125. The van der Waals surface area contributed by atoms with Crippen LogP contribution in [0, 0.1) is 16.9 Å². The second-order valence-corrected chi connectivity index (χ2v) is 14.4. The van der Waals surface area contributed by atoms with Gasteiger partial charge in [0.05, 0.1) is 18.8 Å². The van der Waals surface area contributed by atoms with Crippen molar-refractivity contribution in [3.05, 3.63) is 108 Å². The van der Waals surface area contributed by atoms with E-state index in [-0.39, 0.29) is 69.3 Å². The lowest BCUT2D eigenvalue weighted by Gasteiger charge is -2.44. The number of aromatic nitrogens is 1. The number of halogens is 5. The molecule has 16 heteroatoms. The fourth-order valence-corrected chi connectivity index (χ4v) is 8.46. The van der Waals surface area contributed by atoms with Gasteiger partial charge in [-0.2, -0.15) is 13.5 Å². The van der Waals surface area contributed by atoms with E-state index in [2.05, 4.69) is 9.64 Å². The summed E-state index contributed by atoms with van der Waals surface area (Å²) in [5.74, 6) is -2.85. The molecule has 7 rings (SSSR count). The number of ether oxygens (including phenoxy) is 3. The van der Waals surface area contributed by atoms with Gasteiger partial charge in [0.15, 0.2) is 23.9 Å². The van der Waals surface area contributed by atoms with E-state index in [0.29, 0.717) is 27.3 Å². The SMILES string of the molecule is CCOc1cc([C@H](Cc2c(Cl)c[n+]([O-])cc2Cl)c2cc(CN(C(=O)O[C@H]3CN4CCC3CC4)c3ccccc3F)sc2C(=O)O)ccc1OC(F)F. The van der Waals surface area contributed by atoms with E-state index in [9.17, 15) is 28.7 Å². The molecular formula is C36H34Cl2F3N3O7S. The third-order valence-corrected chi connectivity index (χ3v) is 11.0. The largest absolute Gasteiger partial charge is 0.619 e. The maximum Gasteiger partial charge on any atom is 0.415 e. The Labute approximate surface area is 311 Å². The smallest absolute Gasteiger partial charge is 0.415 e. The molecule has 0 radical (unpaired) electrons. The molecule has 2 atom stereocenters. The normalized spacial score (nSPS) is 18.6. The molecule has 1 amide bonds. The minimum atomic E-state index is -3.13. The van der Waals surface area contributed by atoms with Crippen LogP contribution in [0.1, 0.15) is 56.9 Å². The van der Waals surface area contributed by atoms with Crippen molar-refractivity contribution in [3.8, 4) is 11.5 Å². The van der Waals surface area contributed by atoms with Crippen LogP contribution in [-0.4, -0.2) is 61.0 Å². The summed E-state index contributed by atoms with van der Waals surface area (Å²) in [5, 5.41) is 22.5. The van der Waals surface area contributed by atoms with Crippen LogP contribution < -0.4 is 19.1 Å². The summed E-state index contributed by atoms with van der Waals surface area (Å²) in [5.41, 5.74) is 0.977. The number of hydrogen-bond acceptors (Lipinski definition) is 8. The van der Waals surface area contributed by atoms with Crippen molar-refractivity contribution in [2.24, 2.45) is 5.92 Å². The molecule has 3 fully saturated rings. The lowest BCUT2D eigenvalue weighted by atomic mass is 9.85. The van der Waals surface area contributed by atoms with E-state index in [1.165, 1.54) is 36.4 Å². The van der Waals surface area contributed by atoms with Crippen LogP contribution in [0.4, 0.5) is 23.7 Å². The van der Waals surface area contributed by atoms with E-state index in [1.54, 1.807) is 19.1 Å². The van der Waals surface area contributed by atoms with Crippen LogP contribution in [0.5, 0.6) is 11.5 Å². The van der Waals surface area contributed by atoms with Crippen molar-refractivity contribution >= 4 is 52.3 Å². The highest BCUT2D eigenvalue weighted by molar-refractivity contribution is 7.14. The van der Waals surface area contributed by atoms with Crippen molar-refractivity contribution in [3.63, 3.8) is 0 Å². The molecular weight excluding hydrogens is 746 g/mol. The number of piperidine rings is 3. The van der Waals surface area contributed by atoms with Crippen LogP contribution in [-0.2, 0) is 17.7 Å². The molecule has 3 aliphatic heterocycles. The number of carboxylic acids is 1. The van der Waals surface area contributed by atoms with Gasteiger partial charge in [0.2, 0.25) is 0 Å². The lowest BCUT2D eigenvalue weighted by Crippen LogP contribution is -2.53. The number of rotatable bonds is 13. The van der Waals surface area contributed by atoms with Crippen molar-refractivity contribution < 1.29 is 46.8 Å². The van der Waals surface area contributed by atoms with Gasteiger partial charge >= 0.3 is 18.7 Å². The number of aromatic carboxylic acids is 1. The number of carbonyl (C=O) groups excluding carboxylic acids is 1. The molecule has 52 heavy (non-hydrogen) atoms. The molecule has 2 aromatic carbocycles. The number of pyridine rings is 1. The van der Waals surface area contributed by atoms with E-state index >= 15 is 4.39 Å². The number of para-hydroxylation sites is 1. The highest BCUT2D eigenvalue weighted by Gasteiger charge is 2.38. The van der Waals surface area contributed by atoms with Gasteiger partial charge in [0.1, 0.15) is 26.8 Å². The number of carboxylic acid groups (broad SMARTS) is 1. The molecule has 0 aliphatic carbocycles. The molecule has 10 nitrogen and oxygen atoms in total. The fraction of sp³-hybridized carbons (Fsp3) is 0.361. The van der Waals surface area contributed by atoms with Gasteiger partial charge in [0, 0.05) is 22.9 Å². The second kappa shape index (κ2) is 16.2. The first kappa shape index (κ1) is 37.5. The highest BCUT2D eigenvalue weighted by Crippen LogP contribution is 2.42. The third kappa shape index (κ3) is 8.35. The quantitative estimate of drug-likeness (QED) is 0.107. The fourth-order valence-electron chi connectivity index (χ4n) is 6.81. The Morgan fingerprint density at radius 1 is 1.10 bits per heavy atom. The molecule has 3 saturated heterocycles. The zero-order valence-electron chi connectivity index (χ0n) is 27.8. The molecule has 0 saturated carbocycles. The number of amides is 1. The average Bonchev–Trinajstić information content (AvgIpc) is 3.52. The van der Waals surface area contributed by atoms with Crippen molar-refractivity contribution in [2.45, 2.75) is 51.4 Å². The third-order valence-electron chi connectivity index (χ3n) is 9.26. The Kier molecular flexibility index (Phi) is 11.7.